The lowest BCUT2D eigenvalue weighted by atomic mass is 10.0. The zero-order valence-corrected chi connectivity index (χ0v) is 17.3. The summed E-state index contributed by atoms with van der Waals surface area (Å²) >= 11 is 0. The van der Waals surface area contributed by atoms with Crippen LogP contribution in [0.5, 0.6) is 0 Å². The first kappa shape index (κ1) is 21.4. The zero-order chi connectivity index (χ0) is 19.3. The second kappa shape index (κ2) is 9.91. The first-order valence-electron chi connectivity index (χ1n) is 9.76. The monoisotopic (exact) mass is 416 g/mol. The van der Waals surface area contributed by atoms with Crippen molar-refractivity contribution in [2.45, 2.75) is 19.5 Å². The van der Waals surface area contributed by atoms with Gasteiger partial charge in [-0.3, -0.25) is 4.90 Å². The second-order valence-corrected chi connectivity index (χ2v) is 7.10. The van der Waals surface area contributed by atoms with E-state index >= 15 is 0 Å². The van der Waals surface area contributed by atoms with Crippen molar-refractivity contribution in [2.24, 2.45) is 0 Å². The summed E-state index contributed by atoms with van der Waals surface area (Å²) in [5.41, 5.74) is 2.15. The lowest BCUT2D eigenvalue weighted by Gasteiger charge is -2.38. The van der Waals surface area contributed by atoms with Crippen molar-refractivity contribution in [1.82, 2.24) is 30.0 Å². The average molecular weight is 417 g/mol. The maximum absolute atomic E-state index is 13.2. The lowest BCUT2D eigenvalue weighted by molar-refractivity contribution is 0.108. The molecule has 29 heavy (non-hydrogen) atoms. The van der Waals surface area contributed by atoms with Crippen molar-refractivity contribution in [1.29, 1.82) is 0 Å². The van der Waals surface area contributed by atoms with Crippen LogP contribution in [0.2, 0.25) is 0 Å². The summed E-state index contributed by atoms with van der Waals surface area (Å²) in [6.45, 7) is 7.81. The minimum atomic E-state index is -0.239. The minimum Gasteiger partial charge on any atom is -0.301 e. The summed E-state index contributed by atoms with van der Waals surface area (Å²) in [6, 6.07) is 16.9. The molecule has 0 radical (unpaired) electrons. The van der Waals surface area contributed by atoms with Gasteiger partial charge in [-0.1, -0.05) is 49.4 Å². The Morgan fingerprint density at radius 2 is 1.66 bits per heavy atom. The van der Waals surface area contributed by atoms with Gasteiger partial charge >= 0.3 is 0 Å². The highest BCUT2D eigenvalue weighted by Gasteiger charge is 2.30. The van der Waals surface area contributed by atoms with Crippen molar-refractivity contribution in [2.75, 3.05) is 32.7 Å². The Kier molecular flexibility index (Phi) is 7.30. The fraction of sp³-hybridized carbons (Fsp3) is 0.381. The maximum atomic E-state index is 13.2. The molecule has 154 valence electrons. The molecule has 3 aromatic rings. The van der Waals surface area contributed by atoms with Gasteiger partial charge in [-0.05, 0) is 40.2 Å². The minimum absolute atomic E-state index is 0. The van der Waals surface area contributed by atoms with E-state index in [2.05, 4.69) is 56.5 Å². The van der Waals surface area contributed by atoms with Gasteiger partial charge < -0.3 is 4.90 Å². The molecular weight excluding hydrogens is 391 g/mol. The van der Waals surface area contributed by atoms with Crippen molar-refractivity contribution in [3.63, 3.8) is 0 Å². The number of hydrogen-bond acceptors (Lipinski definition) is 5. The Morgan fingerprint density at radius 3 is 2.31 bits per heavy atom. The highest BCUT2D eigenvalue weighted by atomic mass is 35.5. The molecule has 2 heterocycles. The molecule has 1 aliphatic heterocycles. The van der Waals surface area contributed by atoms with E-state index in [0.29, 0.717) is 6.54 Å². The zero-order valence-electron chi connectivity index (χ0n) is 16.5. The first-order valence-corrected chi connectivity index (χ1v) is 9.76. The normalized spacial score (nSPS) is 16.3. The molecule has 1 aromatic heterocycles. The quantitative estimate of drug-likeness (QED) is 0.618. The van der Waals surface area contributed by atoms with Gasteiger partial charge in [-0.2, -0.15) is 0 Å². The van der Waals surface area contributed by atoms with Gasteiger partial charge in [0, 0.05) is 26.2 Å². The van der Waals surface area contributed by atoms with Crippen LogP contribution in [0, 0.1) is 5.82 Å². The van der Waals surface area contributed by atoms with Crippen LogP contribution in [-0.2, 0) is 6.54 Å². The molecule has 1 saturated heterocycles. The van der Waals surface area contributed by atoms with E-state index in [4.69, 9.17) is 0 Å². The SMILES string of the molecule is CCN1CCN(C(c2ccccc2)c2nnnn2Cc2ccc(F)cc2)CC1.Cl. The van der Waals surface area contributed by atoms with Crippen molar-refractivity contribution in [3.05, 3.63) is 77.4 Å². The molecule has 0 amide bonds. The first-order chi connectivity index (χ1) is 13.7. The van der Waals surface area contributed by atoms with Gasteiger partial charge in [0.05, 0.1) is 12.6 Å². The van der Waals surface area contributed by atoms with Crippen LogP contribution in [0.3, 0.4) is 0 Å². The molecule has 1 aliphatic rings. The average Bonchev–Trinajstić information content (AvgIpc) is 3.19. The van der Waals surface area contributed by atoms with Crippen molar-refractivity contribution in [3.8, 4) is 0 Å². The molecule has 0 aliphatic carbocycles. The fourth-order valence-electron chi connectivity index (χ4n) is 3.78. The molecule has 0 N–H and O–H groups in total. The predicted molar refractivity (Wildman–Crippen MR) is 113 cm³/mol. The number of halogens is 2. The molecule has 0 spiro atoms. The van der Waals surface area contributed by atoms with Crippen LogP contribution in [0.1, 0.15) is 29.9 Å². The molecule has 2 aromatic carbocycles. The van der Waals surface area contributed by atoms with E-state index in [-0.39, 0.29) is 24.3 Å². The molecule has 1 fully saturated rings. The largest absolute Gasteiger partial charge is 0.301 e. The number of likely N-dealkylation sites (N-methyl/N-ethyl adjacent to an activating group) is 1. The number of tetrazole rings is 1. The third-order valence-corrected chi connectivity index (χ3v) is 5.38. The number of hydrogen-bond donors (Lipinski definition) is 0. The van der Waals surface area contributed by atoms with Crippen molar-refractivity contribution >= 4 is 12.4 Å². The van der Waals surface area contributed by atoms with Crippen LogP contribution in [0.15, 0.2) is 54.6 Å². The number of rotatable bonds is 6. The summed E-state index contributed by atoms with van der Waals surface area (Å²) in [6.07, 6.45) is 0. The summed E-state index contributed by atoms with van der Waals surface area (Å²) in [5, 5.41) is 12.6. The summed E-state index contributed by atoms with van der Waals surface area (Å²) in [5.74, 6) is 0.581. The Balaban J connectivity index is 0.00000240. The van der Waals surface area contributed by atoms with Crippen LogP contribution in [0.4, 0.5) is 4.39 Å². The number of piperazine rings is 1. The van der Waals surface area contributed by atoms with Gasteiger partial charge in [0.15, 0.2) is 5.82 Å². The highest BCUT2D eigenvalue weighted by Crippen LogP contribution is 2.28. The number of benzene rings is 2. The van der Waals surface area contributed by atoms with E-state index in [9.17, 15) is 4.39 Å². The van der Waals surface area contributed by atoms with E-state index in [1.54, 1.807) is 12.1 Å². The third kappa shape index (κ3) is 4.98. The topological polar surface area (TPSA) is 50.1 Å². The Labute approximate surface area is 176 Å². The van der Waals surface area contributed by atoms with Crippen LogP contribution in [-0.4, -0.2) is 62.7 Å². The van der Waals surface area contributed by atoms with Crippen molar-refractivity contribution < 1.29 is 4.39 Å². The van der Waals surface area contributed by atoms with Gasteiger partial charge in [-0.25, -0.2) is 9.07 Å². The molecule has 4 rings (SSSR count). The maximum Gasteiger partial charge on any atom is 0.173 e. The highest BCUT2D eigenvalue weighted by molar-refractivity contribution is 5.85. The molecule has 8 heteroatoms. The number of aromatic nitrogens is 4. The van der Waals surface area contributed by atoms with Gasteiger partial charge in [0.25, 0.3) is 0 Å². The molecular formula is C21H26ClFN6. The Hall–Kier alpha value is -2.35. The fourth-order valence-corrected chi connectivity index (χ4v) is 3.78. The van der Waals surface area contributed by atoms with Gasteiger partial charge in [0.2, 0.25) is 0 Å². The summed E-state index contributed by atoms with van der Waals surface area (Å²) in [7, 11) is 0. The molecule has 1 atom stereocenters. The molecule has 0 saturated carbocycles. The third-order valence-electron chi connectivity index (χ3n) is 5.38. The smallest absolute Gasteiger partial charge is 0.173 e. The van der Waals surface area contributed by atoms with Crippen LogP contribution in [0.25, 0.3) is 0 Å². The van der Waals surface area contributed by atoms with Crippen LogP contribution < -0.4 is 0 Å². The van der Waals surface area contributed by atoms with E-state index in [1.807, 2.05) is 10.7 Å². The summed E-state index contributed by atoms with van der Waals surface area (Å²) < 4.78 is 15.1. The second-order valence-electron chi connectivity index (χ2n) is 7.10. The van der Waals surface area contributed by atoms with Crippen LogP contribution >= 0.6 is 12.4 Å². The molecule has 0 bridgehead atoms. The van der Waals surface area contributed by atoms with E-state index < -0.39 is 0 Å². The standard InChI is InChI=1S/C21H25FN6.ClH/c1-2-26-12-14-27(15-13-26)20(18-6-4-3-5-7-18)21-23-24-25-28(21)16-17-8-10-19(22)11-9-17;/h3-11,20H,2,12-16H2,1H3;1H. The lowest BCUT2D eigenvalue weighted by Crippen LogP contribution is -2.48. The Bertz CT molecular complexity index is 878. The van der Waals surface area contributed by atoms with Gasteiger partial charge in [-0.15, -0.1) is 17.5 Å². The van der Waals surface area contributed by atoms with E-state index in [0.717, 1.165) is 44.1 Å². The van der Waals surface area contributed by atoms with E-state index in [1.165, 1.54) is 17.7 Å². The molecule has 6 nitrogen and oxygen atoms in total. The predicted octanol–water partition coefficient (Wildman–Crippen LogP) is 3.01. The Morgan fingerprint density at radius 1 is 0.966 bits per heavy atom. The van der Waals surface area contributed by atoms with Gasteiger partial charge in [0.1, 0.15) is 5.82 Å². The summed E-state index contributed by atoms with van der Waals surface area (Å²) in [4.78, 5) is 4.91. The number of nitrogens with zero attached hydrogens (tertiary/aromatic N) is 6. The molecule has 1 unspecified atom stereocenters.